The van der Waals surface area contributed by atoms with E-state index in [1.54, 1.807) is 0 Å². The first-order valence-electron chi connectivity index (χ1n) is 15.2. The second kappa shape index (κ2) is 12.9. The molecule has 37 heavy (non-hydrogen) atoms. The summed E-state index contributed by atoms with van der Waals surface area (Å²) in [6.07, 6.45) is 2.58. The summed E-state index contributed by atoms with van der Waals surface area (Å²) in [5, 5.41) is 0. The molecule has 6 unspecified atom stereocenters. The van der Waals surface area contributed by atoms with E-state index in [-0.39, 0.29) is 79.2 Å². The Morgan fingerprint density at radius 3 is 1.30 bits per heavy atom. The Labute approximate surface area is 225 Å². The Balaban J connectivity index is 1.62. The maximum Gasteiger partial charge on any atom is 0.161 e. The molecule has 15 atom stereocenters. The number of hydrogen-bond acceptors (Lipinski definition) is 7. The average Bonchev–Trinajstić information content (AvgIpc) is 2.90. The molecule has 216 valence electrons. The third-order valence-electron chi connectivity index (χ3n) is 10.0. The van der Waals surface area contributed by atoms with Gasteiger partial charge < -0.3 is 33.2 Å². The van der Waals surface area contributed by atoms with Crippen molar-refractivity contribution in [2.24, 2.45) is 35.5 Å². The van der Waals surface area contributed by atoms with Crippen molar-refractivity contribution in [1.29, 1.82) is 0 Å². The van der Waals surface area contributed by atoms with E-state index in [9.17, 15) is 0 Å². The van der Waals surface area contributed by atoms with Gasteiger partial charge in [-0.05, 0) is 43.4 Å². The normalized spacial score (nSPS) is 52.0. The summed E-state index contributed by atoms with van der Waals surface area (Å²) in [6, 6.07) is 0. The minimum absolute atomic E-state index is 0.0118. The zero-order chi connectivity index (χ0) is 26.9. The molecular weight excluding hydrogens is 472 g/mol. The summed E-state index contributed by atoms with van der Waals surface area (Å²) >= 11 is 0. The van der Waals surface area contributed by atoms with E-state index >= 15 is 0 Å². The lowest BCUT2D eigenvalue weighted by Crippen LogP contribution is -2.58. The molecule has 8 aliphatic rings. The van der Waals surface area contributed by atoms with E-state index in [2.05, 4.69) is 62.3 Å². The van der Waals surface area contributed by atoms with Crippen LogP contribution in [0.3, 0.4) is 0 Å². The summed E-state index contributed by atoms with van der Waals surface area (Å²) in [5.74, 6) is 1.50. The zero-order valence-corrected chi connectivity index (χ0v) is 24.8. The van der Waals surface area contributed by atoms with Gasteiger partial charge in [0.05, 0.1) is 43.2 Å². The van der Waals surface area contributed by atoms with E-state index in [1.807, 2.05) is 0 Å². The van der Waals surface area contributed by atoms with Crippen molar-refractivity contribution in [2.45, 2.75) is 143 Å². The highest BCUT2D eigenvalue weighted by Crippen LogP contribution is 2.42. The van der Waals surface area contributed by atoms with Crippen LogP contribution in [0.15, 0.2) is 0 Å². The minimum Gasteiger partial charge on any atom is -0.375 e. The summed E-state index contributed by atoms with van der Waals surface area (Å²) in [6.45, 7) is 21.3. The van der Waals surface area contributed by atoms with Gasteiger partial charge in [-0.15, -0.1) is 0 Å². The van der Waals surface area contributed by atoms with Gasteiger partial charge in [0.25, 0.3) is 0 Å². The van der Waals surface area contributed by atoms with Gasteiger partial charge in [-0.1, -0.05) is 62.3 Å². The molecule has 0 aliphatic carbocycles. The Kier molecular flexibility index (Phi) is 10.4. The average molecular weight is 527 g/mol. The van der Waals surface area contributed by atoms with Gasteiger partial charge in [-0.2, -0.15) is 0 Å². The molecule has 0 N–H and O–H groups in total. The van der Waals surface area contributed by atoms with Crippen LogP contribution in [0.25, 0.3) is 0 Å². The molecule has 8 rings (SSSR count). The number of ether oxygens (including phenoxy) is 7. The molecular formula is C30H54O7. The van der Waals surface area contributed by atoms with E-state index in [1.165, 1.54) is 0 Å². The molecule has 0 aromatic heterocycles. The van der Waals surface area contributed by atoms with Crippen LogP contribution in [-0.4, -0.2) is 68.7 Å². The maximum atomic E-state index is 6.83. The zero-order valence-electron chi connectivity index (χ0n) is 24.8. The predicted molar refractivity (Wildman–Crippen MR) is 142 cm³/mol. The number of rotatable bonds is 3. The van der Waals surface area contributed by atoms with Gasteiger partial charge >= 0.3 is 0 Å². The highest BCUT2D eigenvalue weighted by atomic mass is 16.7. The molecule has 0 radical (unpaired) electrons. The second-order valence-electron chi connectivity index (χ2n) is 12.3. The monoisotopic (exact) mass is 526 g/mol. The third-order valence-corrected chi connectivity index (χ3v) is 10.0. The first-order valence-corrected chi connectivity index (χ1v) is 15.2. The fraction of sp³-hybridized carbons (Fsp3) is 1.00. The van der Waals surface area contributed by atoms with Crippen molar-refractivity contribution in [3.8, 4) is 0 Å². The summed E-state index contributed by atoms with van der Waals surface area (Å²) in [7, 11) is 0. The van der Waals surface area contributed by atoms with Crippen LogP contribution >= 0.6 is 0 Å². The molecule has 0 spiro atoms. The highest BCUT2D eigenvalue weighted by Gasteiger charge is 2.50. The summed E-state index contributed by atoms with van der Waals surface area (Å²) in [4.78, 5) is 0. The number of fused-ring (bicyclic) bond motifs is 1. The molecule has 7 nitrogen and oxygen atoms in total. The smallest absolute Gasteiger partial charge is 0.161 e. The van der Waals surface area contributed by atoms with Crippen LogP contribution < -0.4 is 0 Å². The SMILES string of the molecule is CCC1O[C@H]2O[C@@H]3C(CC)O[C@@H](O[C@@H]4C(CC)O[C@@H](OCCCO[C@H]1[C@H](C)C2C)C(C)[C@H]4C)C(C)[C@H]3C. The predicted octanol–water partition coefficient (Wildman–Crippen LogP) is 5.78. The molecule has 7 heteroatoms. The molecule has 6 bridgehead atoms. The Morgan fingerprint density at radius 1 is 0.432 bits per heavy atom. The Bertz CT molecular complexity index is 699. The van der Waals surface area contributed by atoms with Crippen LogP contribution in [0.1, 0.15) is 88.0 Å². The lowest BCUT2D eigenvalue weighted by molar-refractivity contribution is -0.349. The molecule has 0 aromatic rings. The van der Waals surface area contributed by atoms with Gasteiger partial charge in [0.2, 0.25) is 0 Å². The van der Waals surface area contributed by atoms with Crippen molar-refractivity contribution in [3.05, 3.63) is 0 Å². The first-order chi connectivity index (χ1) is 17.7. The minimum atomic E-state index is -0.290. The highest BCUT2D eigenvalue weighted by molar-refractivity contribution is 4.92. The Hall–Kier alpha value is -0.280. The third kappa shape index (κ3) is 6.08. The maximum absolute atomic E-state index is 6.83. The Morgan fingerprint density at radius 2 is 0.811 bits per heavy atom. The lowest BCUT2D eigenvalue weighted by atomic mass is 9.81. The molecule has 0 saturated carbocycles. The fourth-order valence-electron chi connectivity index (χ4n) is 6.74. The standard InChI is InChI=1S/C30H54O7/c1-10-22-25-16(4)20(8)29(34-22)37-27-18(6)21(9)30(35-24(27)12-3)36-26-17(5)19(7)28(33-23(26)11-2)32-15-13-14-31-25/h16-30H,10-15H2,1-9H3/t16-,17-,18-,19?,20?,21?,22?,23?,24?,25+,26+,27+,28-,29+,30+/m1/s1. The largest absolute Gasteiger partial charge is 0.375 e. The van der Waals surface area contributed by atoms with Crippen molar-refractivity contribution in [2.75, 3.05) is 13.2 Å². The number of hydrogen-bond donors (Lipinski definition) is 0. The topological polar surface area (TPSA) is 64.6 Å². The molecule has 8 saturated heterocycles. The van der Waals surface area contributed by atoms with Crippen LogP contribution in [-0.2, 0) is 33.2 Å². The summed E-state index contributed by atoms with van der Waals surface area (Å²) < 4.78 is 46.1. The van der Waals surface area contributed by atoms with Gasteiger partial charge in [0.15, 0.2) is 18.9 Å². The van der Waals surface area contributed by atoms with E-state index < -0.39 is 0 Å². The molecule has 0 aromatic carbocycles. The van der Waals surface area contributed by atoms with Gasteiger partial charge in [0.1, 0.15) is 0 Å². The molecule has 8 aliphatic heterocycles. The van der Waals surface area contributed by atoms with E-state index in [0.717, 1.165) is 25.7 Å². The quantitative estimate of drug-likeness (QED) is 0.462. The lowest BCUT2D eigenvalue weighted by Gasteiger charge is -2.51. The van der Waals surface area contributed by atoms with Crippen LogP contribution in [0.2, 0.25) is 0 Å². The van der Waals surface area contributed by atoms with Crippen LogP contribution in [0, 0.1) is 35.5 Å². The second-order valence-corrected chi connectivity index (χ2v) is 12.3. The molecule has 8 fully saturated rings. The molecule has 0 amide bonds. The first kappa shape index (κ1) is 29.7. The van der Waals surface area contributed by atoms with Gasteiger partial charge in [-0.25, -0.2) is 0 Å². The van der Waals surface area contributed by atoms with Crippen LogP contribution in [0.4, 0.5) is 0 Å². The van der Waals surface area contributed by atoms with E-state index in [0.29, 0.717) is 25.0 Å². The summed E-state index contributed by atoms with van der Waals surface area (Å²) in [5.41, 5.74) is 0. The van der Waals surface area contributed by atoms with Gasteiger partial charge in [-0.3, -0.25) is 0 Å². The van der Waals surface area contributed by atoms with E-state index in [4.69, 9.17) is 33.2 Å². The van der Waals surface area contributed by atoms with Gasteiger partial charge in [0, 0.05) is 24.4 Å². The van der Waals surface area contributed by atoms with Crippen molar-refractivity contribution in [3.63, 3.8) is 0 Å². The van der Waals surface area contributed by atoms with Crippen molar-refractivity contribution < 1.29 is 33.2 Å². The van der Waals surface area contributed by atoms with Crippen molar-refractivity contribution >= 4 is 0 Å². The molecule has 8 heterocycles. The van der Waals surface area contributed by atoms with Crippen LogP contribution in [0.5, 0.6) is 0 Å². The fourth-order valence-corrected chi connectivity index (χ4v) is 6.74. The van der Waals surface area contributed by atoms with Crippen molar-refractivity contribution in [1.82, 2.24) is 0 Å².